The monoisotopic (exact) mass is 416 g/mol. The van der Waals surface area contributed by atoms with Gasteiger partial charge in [0.25, 0.3) is 5.56 Å². The molecular formula is C25H24N2O4. The summed E-state index contributed by atoms with van der Waals surface area (Å²) in [6.07, 6.45) is 4.78. The second-order valence-corrected chi connectivity index (χ2v) is 8.55. The molecule has 0 aliphatic carbocycles. The number of phenolic OH excluding ortho intramolecular Hbond substituents is 1. The standard InChI is InChI=1S/C25H24N2O4/c1-25(2,3)17-4-6-20-21(11-17)22(24(30)27-23(20)29)13-26-12-16-10-18(28)5-7-19(16)15-8-9-31-14-15/h4-11,13-14,28H,12H2,1-3H3,(H2,27,29,30). The molecule has 0 radical (unpaired) electrons. The highest BCUT2D eigenvalue weighted by Gasteiger charge is 2.17. The first-order valence-electron chi connectivity index (χ1n) is 9.98. The number of rotatable bonds is 4. The highest BCUT2D eigenvalue weighted by molar-refractivity contribution is 6.01. The fraction of sp³-hybridized carbons (Fsp3) is 0.200. The van der Waals surface area contributed by atoms with E-state index in [-0.39, 0.29) is 29.1 Å². The highest BCUT2D eigenvalue weighted by atomic mass is 16.3. The van der Waals surface area contributed by atoms with Crippen molar-refractivity contribution in [1.29, 1.82) is 0 Å². The van der Waals surface area contributed by atoms with Gasteiger partial charge in [0.05, 0.1) is 24.6 Å². The molecule has 0 fully saturated rings. The second-order valence-electron chi connectivity index (χ2n) is 8.55. The van der Waals surface area contributed by atoms with Crippen LogP contribution in [0.2, 0.25) is 0 Å². The largest absolute Gasteiger partial charge is 0.508 e. The number of benzene rings is 2. The third-order valence-electron chi connectivity index (χ3n) is 5.31. The van der Waals surface area contributed by atoms with Gasteiger partial charge in [0.15, 0.2) is 0 Å². The summed E-state index contributed by atoms with van der Waals surface area (Å²) in [5, 5.41) is 21.5. The van der Waals surface area contributed by atoms with E-state index >= 15 is 0 Å². The molecule has 0 spiro atoms. The van der Waals surface area contributed by atoms with E-state index < -0.39 is 0 Å². The van der Waals surface area contributed by atoms with E-state index in [0.29, 0.717) is 16.3 Å². The minimum Gasteiger partial charge on any atom is -0.508 e. The van der Waals surface area contributed by atoms with Crippen molar-refractivity contribution in [3.8, 4) is 22.8 Å². The van der Waals surface area contributed by atoms with Gasteiger partial charge in [-0.2, -0.15) is 0 Å². The number of furan rings is 1. The Kier molecular flexibility index (Phi) is 5.15. The first-order valence-corrected chi connectivity index (χ1v) is 9.98. The third-order valence-corrected chi connectivity index (χ3v) is 5.31. The minimum atomic E-state index is -0.347. The molecule has 0 unspecified atom stereocenters. The number of aromatic nitrogens is 1. The average Bonchev–Trinajstić information content (AvgIpc) is 3.24. The zero-order valence-electron chi connectivity index (χ0n) is 17.6. The van der Waals surface area contributed by atoms with Crippen LogP contribution in [0.5, 0.6) is 11.6 Å². The maximum Gasteiger partial charge on any atom is 0.258 e. The van der Waals surface area contributed by atoms with Gasteiger partial charge in [-0.1, -0.05) is 32.9 Å². The van der Waals surface area contributed by atoms with Crippen LogP contribution in [0.25, 0.3) is 21.9 Å². The molecule has 0 aliphatic heterocycles. The number of H-pyrrole nitrogens is 1. The maximum absolute atomic E-state index is 12.3. The van der Waals surface area contributed by atoms with Crippen molar-refractivity contribution in [3.05, 3.63) is 82.0 Å². The number of hydrogen-bond acceptors (Lipinski definition) is 5. The van der Waals surface area contributed by atoms with Crippen LogP contribution in [-0.2, 0) is 12.0 Å². The summed E-state index contributed by atoms with van der Waals surface area (Å²) in [6.45, 7) is 6.55. The normalized spacial score (nSPS) is 12.1. The smallest absolute Gasteiger partial charge is 0.258 e. The first-order chi connectivity index (χ1) is 14.7. The lowest BCUT2D eigenvalue weighted by Crippen LogP contribution is -2.13. The Balaban J connectivity index is 1.76. The molecule has 2 aromatic carbocycles. The summed E-state index contributed by atoms with van der Waals surface area (Å²) < 4.78 is 5.17. The molecule has 0 saturated heterocycles. The van der Waals surface area contributed by atoms with Gasteiger partial charge in [0.1, 0.15) is 5.75 Å². The summed E-state index contributed by atoms with van der Waals surface area (Å²) >= 11 is 0. The lowest BCUT2D eigenvalue weighted by Gasteiger charge is -2.19. The van der Waals surface area contributed by atoms with Crippen LogP contribution in [-0.4, -0.2) is 21.4 Å². The fourth-order valence-electron chi connectivity index (χ4n) is 3.58. The number of aliphatic imine (C=N–C) groups is 1. The van der Waals surface area contributed by atoms with Crippen molar-refractivity contribution in [2.45, 2.75) is 32.7 Å². The molecule has 0 aliphatic rings. The summed E-state index contributed by atoms with van der Waals surface area (Å²) in [6, 6.07) is 12.6. The van der Waals surface area contributed by atoms with Gasteiger partial charge in [0.2, 0.25) is 5.88 Å². The lowest BCUT2D eigenvalue weighted by atomic mass is 9.85. The molecule has 158 valence electrons. The number of hydrogen-bond donors (Lipinski definition) is 3. The van der Waals surface area contributed by atoms with E-state index in [1.807, 2.05) is 24.3 Å². The second kappa shape index (κ2) is 7.80. The topological polar surface area (TPSA) is 98.8 Å². The Morgan fingerprint density at radius 3 is 2.58 bits per heavy atom. The van der Waals surface area contributed by atoms with Crippen LogP contribution < -0.4 is 5.56 Å². The molecule has 6 heteroatoms. The number of phenols is 1. The molecule has 4 aromatic rings. The summed E-state index contributed by atoms with van der Waals surface area (Å²) in [5.41, 5.74) is 3.64. The number of aromatic amines is 1. The molecule has 2 aromatic heterocycles. The van der Waals surface area contributed by atoms with Crippen LogP contribution in [0.3, 0.4) is 0 Å². The number of fused-ring (bicyclic) bond motifs is 1. The Hall–Kier alpha value is -3.80. The van der Waals surface area contributed by atoms with Crippen LogP contribution in [0.1, 0.15) is 37.5 Å². The van der Waals surface area contributed by atoms with E-state index in [0.717, 1.165) is 22.3 Å². The van der Waals surface area contributed by atoms with E-state index in [1.165, 1.54) is 0 Å². The quantitative estimate of drug-likeness (QED) is 0.402. The molecule has 2 heterocycles. The Bertz CT molecular complexity index is 1330. The molecule has 0 saturated carbocycles. The highest BCUT2D eigenvalue weighted by Crippen LogP contribution is 2.30. The van der Waals surface area contributed by atoms with Gasteiger partial charge in [-0.3, -0.25) is 14.8 Å². The van der Waals surface area contributed by atoms with Crippen LogP contribution in [0.4, 0.5) is 0 Å². The van der Waals surface area contributed by atoms with Crippen molar-refractivity contribution in [1.82, 2.24) is 4.98 Å². The van der Waals surface area contributed by atoms with E-state index in [1.54, 1.807) is 36.9 Å². The molecule has 0 amide bonds. The van der Waals surface area contributed by atoms with Crippen molar-refractivity contribution < 1.29 is 14.6 Å². The molecule has 3 N–H and O–H groups in total. The SMILES string of the molecule is CC(C)(C)c1ccc2c(=O)[nH]c(O)c(C=NCc3cc(O)ccc3-c3ccoc3)c2c1. The van der Waals surface area contributed by atoms with Gasteiger partial charge in [-0.05, 0) is 52.4 Å². The van der Waals surface area contributed by atoms with Gasteiger partial charge in [0, 0.05) is 22.6 Å². The van der Waals surface area contributed by atoms with E-state index in [2.05, 4.69) is 30.7 Å². The number of nitrogens with zero attached hydrogens (tertiary/aromatic N) is 1. The third kappa shape index (κ3) is 4.10. The minimum absolute atomic E-state index is 0.109. The van der Waals surface area contributed by atoms with Gasteiger partial charge < -0.3 is 14.6 Å². The molecule has 4 rings (SSSR count). The molecule has 6 nitrogen and oxygen atoms in total. The molecule has 0 atom stereocenters. The first kappa shape index (κ1) is 20.5. The average molecular weight is 416 g/mol. The predicted molar refractivity (Wildman–Crippen MR) is 122 cm³/mol. The fourth-order valence-corrected chi connectivity index (χ4v) is 3.58. The van der Waals surface area contributed by atoms with E-state index in [9.17, 15) is 15.0 Å². The number of pyridine rings is 1. The Morgan fingerprint density at radius 2 is 1.87 bits per heavy atom. The number of nitrogens with one attached hydrogen (secondary N) is 1. The summed E-state index contributed by atoms with van der Waals surface area (Å²) in [5.74, 6) is -0.0807. The lowest BCUT2D eigenvalue weighted by molar-refractivity contribution is 0.452. The summed E-state index contributed by atoms with van der Waals surface area (Å²) in [4.78, 5) is 19.3. The van der Waals surface area contributed by atoms with Crippen LogP contribution >= 0.6 is 0 Å². The van der Waals surface area contributed by atoms with Crippen LogP contribution in [0.15, 0.2) is 69.2 Å². The maximum atomic E-state index is 12.3. The van der Waals surface area contributed by atoms with Gasteiger partial charge >= 0.3 is 0 Å². The van der Waals surface area contributed by atoms with E-state index in [4.69, 9.17) is 4.42 Å². The Labute approximate surface area is 179 Å². The van der Waals surface area contributed by atoms with Crippen molar-refractivity contribution in [2.24, 2.45) is 4.99 Å². The van der Waals surface area contributed by atoms with Gasteiger partial charge in [-0.15, -0.1) is 0 Å². The molecule has 0 bridgehead atoms. The van der Waals surface area contributed by atoms with Crippen LogP contribution in [0, 0.1) is 0 Å². The van der Waals surface area contributed by atoms with Crippen molar-refractivity contribution in [3.63, 3.8) is 0 Å². The zero-order chi connectivity index (χ0) is 22.2. The zero-order valence-corrected chi connectivity index (χ0v) is 17.6. The number of aromatic hydroxyl groups is 2. The predicted octanol–water partition coefficient (Wildman–Crippen LogP) is 5.12. The van der Waals surface area contributed by atoms with Crippen molar-refractivity contribution >= 4 is 17.0 Å². The van der Waals surface area contributed by atoms with Gasteiger partial charge in [-0.25, -0.2) is 0 Å². The Morgan fingerprint density at radius 1 is 1.06 bits per heavy atom. The van der Waals surface area contributed by atoms with Crippen molar-refractivity contribution in [2.75, 3.05) is 0 Å². The molecular weight excluding hydrogens is 392 g/mol. The summed E-state index contributed by atoms with van der Waals surface area (Å²) in [7, 11) is 0. The molecule has 31 heavy (non-hydrogen) atoms.